The predicted octanol–water partition coefficient (Wildman–Crippen LogP) is 3.37. The molecule has 106 valence electrons. The van der Waals surface area contributed by atoms with Crippen LogP contribution >= 0.6 is 0 Å². The molecule has 0 aromatic heterocycles. The Hall–Kier alpha value is -1.22. The lowest BCUT2D eigenvalue weighted by atomic mass is 10.1. The molecule has 1 aromatic carbocycles. The van der Waals surface area contributed by atoms with Crippen molar-refractivity contribution in [2.45, 2.75) is 26.7 Å². The molecule has 1 aromatic rings. The van der Waals surface area contributed by atoms with E-state index in [9.17, 15) is 0 Å². The van der Waals surface area contributed by atoms with E-state index in [0.29, 0.717) is 0 Å². The van der Waals surface area contributed by atoms with Gasteiger partial charge in [-0.2, -0.15) is 0 Å². The van der Waals surface area contributed by atoms with Gasteiger partial charge in [-0.15, -0.1) is 0 Å². The largest absolute Gasteiger partial charge is 0.385 e. The Morgan fingerprint density at radius 3 is 2.47 bits per heavy atom. The summed E-state index contributed by atoms with van der Waals surface area (Å²) < 4.78 is 5.38. The molecule has 3 nitrogen and oxygen atoms in total. The Kier molecular flexibility index (Phi) is 5.52. The Labute approximate surface area is 116 Å². The zero-order valence-corrected chi connectivity index (χ0v) is 12.2. The smallest absolute Gasteiger partial charge is 0.0642 e. The first-order valence-corrected chi connectivity index (χ1v) is 7.42. The molecule has 0 saturated carbocycles. The summed E-state index contributed by atoms with van der Waals surface area (Å²) in [5.74, 6) is 0.797. The van der Waals surface area contributed by atoms with Gasteiger partial charge in [0.2, 0.25) is 0 Å². The van der Waals surface area contributed by atoms with E-state index in [-0.39, 0.29) is 0 Å². The fourth-order valence-corrected chi connectivity index (χ4v) is 2.35. The molecule has 1 aliphatic rings. The summed E-state index contributed by atoms with van der Waals surface area (Å²) in [4.78, 5) is 2.38. The number of benzene rings is 1. The molecule has 0 amide bonds. The van der Waals surface area contributed by atoms with E-state index in [1.807, 2.05) is 0 Å². The van der Waals surface area contributed by atoms with E-state index >= 15 is 0 Å². The molecule has 0 unspecified atom stereocenters. The van der Waals surface area contributed by atoms with Crippen molar-refractivity contribution in [1.29, 1.82) is 0 Å². The van der Waals surface area contributed by atoms with E-state index in [0.717, 1.165) is 38.8 Å². The van der Waals surface area contributed by atoms with Crippen LogP contribution in [0.2, 0.25) is 0 Å². The molecule has 0 aliphatic carbocycles. The second kappa shape index (κ2) is 7.39. The molecule has 1 fully saturated rings. The number of anilines is 2. The molecule has 1 aliphatic heterocycles. The summed E-state index contributed by atoms with van der Waals surface area (Å²) in [6.07, 6.45) is 2.53. The average molecular weight is 262 g/mol. The first-order chi connectivity index (χ1) is 9.25. The zero-order valence-electron chi connectivity index (χ0n) is 12.2. The molecule has 19 heavy (non-hydrogen) atoms. The van der Waals surface area contributed by atoms with Crippen molar-refractivity contribution in [2.75, 3.05) is 43.1 Å². The minimum Gasteiger partial charge on any atom is -0.385 e. The van der Waals surface area contributed by atoms with Crippen molar-refractivity contribution < 1.29 is 4.74 Å². The Morgan fingerprint density at radius 2 is 1.84 bits per heavy atom. The summed E-state index contributed by atoms with van der Waals surface area (Å²) in [6, 6.07) is 8.77. The van der Waals surface area contributed by atoms with Gasteiger partial charge in [-0.1, -0.05) is 13.8 Å². The van der Waals surface area contributed by atoms with Crippen LogP contribution in [0.3, 0.4) is 0 Å². The number of nitrogens with zero attached hydrogens (tertiary/aromatic N) is 1. The van der Waals surface area contributed by atoms with Gasteiger partial charge in [0.15, 0.2) is 0 Å². The predicted molar refractivity (Wildman–Crippen MR) is 82.0 cm³/mol. The molecule has 0 spiro atoms. The van der Waals surface area contributed by atoms with Crippen LogP contribution in [0.5, 0.6) is 0 Å². The lowest BCUT2D eigenvalue weighted by Crippen LogP contribution is -2.36. The maximum Gasteiger partial charge on any atom is 0.0642 e. The van der Waals surface area contributed by atoms with Gasteiger partial charge in [0.1, 0.15) is 0 Å². The number of rotatable bonds is 6. The first kappa shape index (κ1) is 14.2. The quantitative estimate of drug-likeness (QED) is 0.796. The highest BCUT2D eigenvalue weighted by molar-refractivity contribution is 5.55. The van der Waals surface area contributed by atoms with Gasteiger partial charge in [0, 0.05) is 31.0 Å². The van der Waals surface area contributed by atoms with Crippen LogP contribution in [0.25, 0.3) is 0 Å². The standard InChI is InChI=1S/C16H26N2O/c1-14(2)4-3-9-17-15-5-7-16(8-6-15)18-10-12-19-13-11-18/h5-8,14,17H,3-4,9-13H2,1-2H3. The molecule has 0 atom stereocenters. The maximum absolute atomic E-state index is 5.38. The molecule has 2 rings (SSSR count). The lowest BCUT2D eigenvalue weighted by Gasteiger charge is -2.28. The molecule has 1 heterocycles. The highest BCUT2D eigenvalue weighted by Gasteiger charge is 2.10. The molecular weight excluding hydrogens is 236 g/mol. The van der Waals surface area contributed by atoms with Crippen molar-refractivity contribution in [3.63, 3.8) is 0 Å². The number of ether oxygens (including phenoxy) is 1. The zero-order chi connectivity index (χ0) is 13.5. The number of nitrogens with one attached hydrogen (secondary N) is 1. The van der Waals surface area contributed by atoms with E-state index in [1.54, 1.807) is 0 Å². The second-order valence-corrected chi connectivity index (χ2v) is 5.61. The topological polar surface area (TPSA) is 24.5 Å². The highest BCUT2D eigenvalue weighted by Crippen LogP contribution is 2.19. The summed E-state index contributed by atoms with van der Waals surface area (Å²) in [7, 11) is 0. The van der Waals surface area contributed by atoms with Gasteiger partial charge < -0.3 is 15.0 Å². The van der Waals surface area contributed by atoms with Crippen molar-refractivity contribution >= 4 is 11.4 Å². The molecule has 1 saturated heterocycles. The maximum atomic E-state index is 5.38. The van der Waals surface area contributed by atoms with Crippen LogP contribution in [0, 0.1) is 5.92 Å². The van der Waals surface area contributed by atoms with E-state index in [2.05, 4.69) is 48.3 Å². The monoisotopic (exact) mass is 262 g/mol. The molecule has 1 N–H and O–H groups in total. The third kappa shape index (κ3) is 4.75. The number of hydrogen-bond donors (Lipinski definition) is 1. The Bertz CT molecular complexity index is 356. The van der Waals surface area contributed by atoms with Gasteiger partial charge in [0.25, 0.3) is 0 Å². The van der Waals surface area contributed by atoms with Crippen molar-refractivity contribution in [2.24, 2.45) is 5.92 Å². The summed E-state index contributed by atoms with van der Waals surface area (Å²) in [6.45, 7) is 9.30. The minimum atomic E-state index is 0.797. The average Bonchev–Trinajstić information content (AvgIpc) is 2.45. The van der Waals surface area contributed by atoms with E-state index < -0.39 is 0 Å². The van der Waals surface area contributed by atoms with Gasteiger partial charge in [-0.25, -0.2) is 0 Å². The minimum absolute atomic E-state index is 0.797. The van der Waals surface area contributed by atoms with E-state index in [1.165, 1.54) is 24.2 Å². The molecule has 0 radical (unpaired) electrons. The van der Waals surface area contributed by atoms with Crippen LogP contribution in [0.4, 0.5) is 11.4 Å². The third-order valence-electron chi connectivity index (χ3n) is 3.53. The lowest BCUT2D eigenvalue weighted by molar-refractivity contribution is 0.122. The Balaban J connectivity index is 1.77. The summed E-state index contributed by atoms with van der Waals surface area (Å²) >= 11 is 0. The molecular formula is C16H26N2O. The number of morpholine rings is 1. The van der Waals surface area contributed by atoms with Crippen LogP contribution < -0.4 is 10.2 Å². The molecule has 3 heteroatoms. The first-order valence-electron chi connectivity index (χ1n) is 7.42. The van der Waals surface area contributed by atoms with Crippen LogP contribution in [-0.4, -0.2) is 32.8 Å². The van der Waals surface area contributed by atoms with E-state index in [4.69, 9.17) is 4.74 Å². The fourth-order valence-electron chi connectivity index (χ4n) is 2.35. The van der Waals surface area contributed by atoms with Crippen LogP contribution in [-0.2, 0) is 4.74 Å². The Morgan fingerprint density at radius 1 is 1.16 bits per heavy atom. The van der Waals surface area contributed by atoms with Gasteiger partial charge in [-0.3, -0.25) is 0 Å². The van der Waals surface area contributed by atoms with Crippen LogP contribution in [0.1, 0.15) is 26.7 Å². The number of hydrogen-bond acceptors (Lipinski definition) is 3. The summed E-state index contributed by atoms with van der Waals surface area (Å²) in [5.41, 5.74) is 2.52. The normalized spacial score (nSPS) is 15.8. The molecule has 0 bridgehead atoms. The second-order valence-electron chi connectivity index (χ2n) is 5.61. The van der Waals surface area contributed by atoms with Gasteiger partial charge in [-0.05, 0) is 43.0 Å². The fraction of sp³-hybridized carbons (Fsp3) is 0.625. The highest BCUT2D eigenvalue weighted by atomic mass is 16.5. The SMILES string of the molecule is CC(C)CCCNc1ccc(N2CCOCC2)cc1. The van der Waals surface area contributed by atoms with Gasteiger partial charge in [0.05, 0.1) is 13.2 Å². The van der Waals surface area contributed by atoms with Crippen molar-refractivity contribution in [3.8, 4) is 0 Å². The summed E-state index contributed by atoms with van der Waals surface area (Å²) in [5, 5.41) is 3.49. The van der Waals surface area contributed by atoms with Gasteiger partial charge >= 0.3 is 0 Å². The third-order valence-corrected chi connectivity index (χ3v) is 3.53. The van der Waals surface area contributed by atoms with Crippen molar-refractivity contribution in [1.82, 2.24) is 0 Å². The van der Waals surface area contributed by atoms with Crippen molar-refractivity contribution in [3.05, 3.63) is 24.3 Å². The van der Waals surface area contributed by atoms with Crippen LogP contribution in [0.15, 0.2) is 24.3 Å².